The lowest BCUT2D eigenvalue weighted by Crippen LogP contribution is -2.42. The van der Waals surface area contributed by atoms with Gasteiger partial charge in [-0.1, -0.05) is 12.8 Å². The molecule has 0 aromatic rings. The maximum Gasteiger partial charge on any atom is 0.0693 e. The van der Waals surface area contributed by atoms with Crippen LogP contribution in [0.4, 0.5) is 0 Å². The predicted octanol–water partition coefficient (Wildman–Crippen LogP) is 1.29. The number of aliphatic hydroxyl groups is 1. The second-order valence-corrected chi connectivity index (χ2v) is 3.59. The van der Waals surface area contributed by atoms with Crippen molar-refractivity contribution in [1.29, 1.82) is 0 Å². The summed E-state index contributed by atoms with van der Waals surface area (Å²) in [6, 6.07) is 0.312. The Morgan fingerprint density at radius 2 is 2.15 bits per heavy atom. The summed E-state index contributed by atoms with van der Waals surface area (Å²) in [7, 11) is 0. The van der Waals surface area contributed by atoms with Crippen LogP contribution < -0.4 is 5.32 Å². The van der Waals surface area contributed by atoms with Crippen LogP contribution in [0.1, 0.15) is 39.0 Å². The molecule has 74 valence electrons. The molecule has 1 aliphatic carbocycles. The average Bonchev–Trinajstić information content (AvgIpc) is 2.15. The highest BCUT2D eigenvalue weighted by atomic mass is 16.3. The largest absolute Gasteiger partial charge is 0.392 e. The molecular formula is C11H19NO. The number of hydrogen-bond donors (Lipinski definition) is 2. The second-order valence-electron chi connectivity index (χ2n) is 3.59. The van der Waals surface area contributed by atoms with Crippen molar-refractivity contribution in [2.24, 2.45) is 0 Å². The third kappa shape index (κ3) is 3.80. The van der Waals surface area contributed by atoms with Crippen LogP contribution >= 0.6 is 0 Å². The van der Waals surface area contributed by atoms with E-state index in [2.05, 4.69) is 17.2 Å². The van der Waals surface area contributed by atoms with Gasteiger partial charge in [-0.05, 0) is 19.8 Å². The lowest BCUT2D eigenvalue weighted by Gasteiger charge is -2.28. The molecule has 1 aliphatic rings. The van der Waals surface area contributed by atoms with E-state index < -0.39 is 0 Å². The number of hydrogen-bond acceptors (Lipinski definition) is 2. The van der Waals surface area contributed by atoms with Gasteiger partial charge in [-0.3, -0.25) is 0 Å². The van der Waals surface area contributed by atoms with Gasteiger partial charge in [0.05, 0.1) is 6.10 Å². The van der Waals surface area contributed by atoms with E-state index in [0.717, 1.165) is 25.8 Å². The molecule has 0 unspecified atom stereocenters. The van der Waals surface area contributed by atoms with Gasteiger partial charge in [-0.2, -0.15) is 0 Å². The molecule has 2 N–H and O–H groups in total. The van der Waals surface area contributed by atoms with E-state index >= 15 is 0 Å². The molecular weight excluding hydrogens is 162 g/mol. The van der Waals surface area contributed by atoms with Crippen molar-refractivity contribution in [3.8, 4) is 11.8 Å². The van der Waals surface area contributed by atoms with Crippen LogP contribution in [0.2, 0.25) is 0 Å². The summed E-state index contributed by atoms with van der Waals surface area (Å²) in [5.41, 5.74) is 0. The van der Waals surface area contributed by atoms with Gasteiger partial charge >= 0.3 is 0 Å². The summed E-state index contributed by atoms with van der Waals surface area (Å²) in [6.45, 7) is 2.76. The molecule has 2 atom stereocenters. The number of rotatable bonds is 3. The third-order valence-electron chi connectivity index (χ3n) is 2.56. The normalized spacial score (nSPS) is 27.8. The zero-order chi connectivity index (χ0) is 9.52. The number of aliphatic hydroxyl groups excluding tert-OH is 1. The molecule has 0 radical (unpaired) electrons. The molecule has 2 nitrogen and oxygen atoms in total. The van der Waals surface area contributed by atoms with Gasteiger partial charge in [0.25, 0.3) is 0 Å². The van der Waals surface area contributed by atoms with Crippen molar-refractivity contribution in [3.63, 3.8) is 0 Å². The lowest BCUT2D eigenvalue weighted by atomic mass is 9.92. The van der Waals surface area contributed by atoms with E-state index in [9.17, 15) is 5.11 Å². The van der Waals surface area contributed by atoms with Crippen LogP contribution in [0.5, 0.6) is 0 Å². The molecule has 2 heteroatoms. The highest BCUT2D eigenvalue weighted by molar-refractivity contribution is 4.95. The average molecular weight is 181 g/mol. The van der Waals surface area contributed by atoms with Crippen molar-refractivity contribution in [1.82, 2.24) is 5.32 Å². The molecule has 0 bridgehead atoms. The fraction of sp³-hybridized carbons (Fsp3) is 0.818. The summed E-state index contributed by atoms with van der Waals surface area (Å²) in [4.78, 5) is 0. The Bertz CT molecular complexity index is 192. The zero-order valence-electron chi connectivity index (χ0n) is 8.34. The van der Waals surface area contributed by atoms with Gasteiger partial charge in [0.2, 0.25) is 0 Å². The summed E-state index contributed by atoms with van der Waals surface area (Å²) in [6.07, 6.45) is 5.24. The molecule has 0 aromatic heterocycles. The Hall–Kier alpha value is -0.520. The van der Waals surface area contributed by atoms with Crippen molar-refractivity contribution in [3.05, 3.63) is 0 Å². The van der Waals surface area contributed by atoms with Crippen LogP contribution in [0.25, 0.3) is 0 Å². The highest BCUT2D eigenvalue weighted by Gasteiger charge is 2.21. The summed E-state index contributed by atoms with van der Waals surface area (Å²) in [5.74, 6) is 5.87. The second kappa shape index (κ2) is 6.01. The minimum absolute atomic E-state index is 0.136. The Kier molecular flexibility index (Phi) is 4.88. The Balaban J connectivity index is 2.14. The van der Waals surface area contributed by atoms with Gasteiger partial charge in [-0.15, -0.1) is 11.8 Å². The van der Waals surface area contributed by atoms with E-state index in [-0.39, 0.29) is 6.10 Å². The van der Waals surface area contributed by atoms with Crippen LogP contribution in [0, 0.1) is 11.8 Å². The molecule has 0 aromatic carbocycles. The first-order valence-electron chi connectivity index (χ1n) is 5.15. The predicted molar refractivity (Wildman–Crippen MR) is 54.3 cm³/mol. The molecule has 13 heavy (non-hydrogen) atoms. The van der Waals surface area contributed by atoms with Gasteiger partial charge in [0.1, 0.15) is 0 Å². The van der Waals surface area contributed by atoms with E-state index in [1.54, 1.807) is 0 Å². The van der Waals surface area contributed by atoms with Gasteiger partial charge in [-0.25, -0.2) is 0 Å². The molecule has 0 saturated heterocycles. The zero-order valence-corrected chi connectivity index (χ0v) is 8.34. The smallest absolute Gasteiger partial charge is 0.0693 e. The van der Waals surface area contributed by atoms with E-state index in [0.29, 0.717) is 6.04 Å². The first-order valence-corrected chi connectivity index (χ1v) is 5.15. The summed E-state index contributed by atoms with van der Waals surface area (Å²) >= 11 is 0. The highest BCUT2D eigenvalue weighted by Crippen LogP contribution is 2.17. The minimum atomic E-state index is -0.136. The Labute approximate surface area is 80.7 Å². The minimum Gasteiger partial charge on any atom is -0.392 e. The van der Waals surface area contributed by atoms with E-state index in [1.165, 1.54) is 12.8 Å². The standard InChI is InChI=1S/C11H19NO/c1-2-3-6-9-12-10-7-4-5-8-11(10)13/h10-13H,4-9H2,1H3/t10-,11-/m0/s1. The fourth-order valence-corrected chi connectivity index (χ4v) is 1.79. The molecule has 1 rings (SSSR count). The maximum absolute atomic E-state index is 9.63. The van der Waals surface area contributed by atoms with Crippen LogP contribution in [0.15, 0.2) is 0 Å². The molecule has 0 heterocycles. The quantitative estimate of drug-likeness (QED) is 0.508. The van der Waals surface area contributed by atoms with Crippen molar-refractivity contribution >= 4 is 0 Å². The topological polar surface area (TPSA) is 32.3 Å². The van der Waals surface area contributed by atoms with Crippen molar-refractivity contribution in [2.75, 3.05) is 6.54 Å². The SMILES string of the molecule is CC#CCCN[C@H]1CCCC[C@@H]1O. The lowest BCUT2D eigenvalue weighted by molar-refractivity contribution is 0.0915. The Morgan fingerprint density at radius 3 is 2.85 bits per heavy atom. The van der Waals surface area contributed by atoms with Crippen LogP contribution in [-0.2, 0) is 0 Å². The van der Waals surface area contributed by atoms with Gasteiger partial charge < -0.3 is 10.4 Å². The van der Waals surface area contributed by atoms with E-state index in [1.807, 2.05) is 6.92 Å². The van der Waals surface area contributed by atoms with E-state index in [4.69, 9.17) is 0 Å². The summed E-state index contributed by atoms with van der Waals surface area (Å²) < 4.78 is 0. The third-order valence-corrected chi connectivity index (χ3v) is 2.56. The first-order chi connectivity index (χ1) is 6.34. The maximum atomic E-state index is 9.63. The Morgan fingerprint density at radius 1 is 1.38 bits per heavy atom. The molecule has 0 spiro atoms. The number of nitrogens with one attached hydrogen (secondary N) is 1. The molecule has 0 aliphatic heterocycles. The molecule has 1 fully saturated rings. The van der Waals surface area contributed by atoms with Gasteiger partial charge in [0.15, 0.2) is 0 Å². The van der Waals surface area contributed by atoms with Crippen LogP contribution in [0.3, 0.4) is 0 Å². The monoisotopic (exact) mass is 181 g/mol. The fourth-order valence-electron chi connectivity index (χ4n) is 1.79. The van der Waals surface area contributed by atoms with Gasteiger partial charge in [0, 0.05) is 19.0 Å². The van der Waals surface area contributed by atoms with Crippen molar-refractivity contribution in [2.45, 2.75) is 51.2 Å². The molecule has 0 amide bonds. The van der Waals surface area contributed by atoms with Crippen molar-refractivity contribution < 1.29 is 5.11 Å². The molecule has 1 saturated carbocycles. The first kappa shape index (κ1) is 10.6. The van der Waals surface area contributed by atoms with Crippen LogP contribution in [-0.4, -0.2) is 23.8 Å². The summed E-state index contributed by atoms with van der Waals surface area (Å²) in [5, 5.41) is 13.0.